The number of aryl methyl sites for hydroxylation is 2. The summed E-state index contributed by atoms with van der Waals surface area (Å²) in [7, 11) is 1.55. The molecule has 0 spiro atoms. The summed E-state index contributed by atoms with van der Waals surface area (Å²) in [5, 5.41) is 20.3. The van der Waals surface area contributed by atoms with Crippen molar-refractivity contribution in [1.29, 1.82) is 0 Å². The van der Waals surface area contributed by atoms with Crippen LogP contribution in [0.3, 0.4) is 0 Å². The number of carbonyl (C=O) groups is 2. The molecule has 0 unspecified atom stereocenters. The van der Waals surface area contributed by atoms with Crippen molar-refractivity contribution in [3.05, 3.63) is 70.1 Å². The van der Waals surface area contributed by atoms with Gasteiger partial charge in [-0.25, -0.2) is 0 Å². The highest BCUT2D eigenvalue weighted by Gasteiger charge is 2.55. The van der Waals surface area contributed by atoms with Gasteiger partial charge in [-0.05, 0) is 96.9 Å². The van der Waals surface area contributed by atoms with Gasteiger partial charge in [0.05, 0.1) is 36.8 Å². The quantitative estimate of drug-likeness (QED) is 0.476. The Morgan fingerprint density at radius 3 is 2.58 bits per heavy atom. The molecule has 2 aliphatic heterocycles. The molecule has 3 heterocycles. The SMILES string of the molecule is Cc1cc(/C=C(/CC[C@H]2OC[C@H]3C2=C(CO)C[C@H]2C(=O)N(C)C(=O)[C@H]23)c2ccccn2)cc(C)c1O. The maximum atomic E-state index is 12.9. The average molecular weight is 489 g/mol. The van der Waals surface area contributed by atoms with E-state index in [0.717, 1.165) is 39.1 Å². The van der Waals surface area contributed by atoms with Gasteiger partial charge in [0, 0.05) is 19.2 Å². The molecular formula is C29H32N2O5. The maximum Gasteiger partial charge on any atom is 0.233 e. The van der Waals surface area contributed by atoms with Gasteiger partial charge in [0.15, 0.2) is 0 Å². The molecule has 2 aromatic rings. The van der Waals surface area contributed by atoms with Crippen LogP contribution in [0.2, 0.25) is 0 Å². The Morgan fingerprint density at radius 2 is 1.92 bits per heavy atom. The van der Waals surface area contributed by atoms with E-state index < -0.39 is 11.8 Å². The number of aromatic nitrogens is 1. The van der Waals surface area contributed by atoms with Gasteiger partial charge in [0.25, 0.3) is 0 Å². The first-order chi connectivity index (χ1) is 17.3. The highest BCUT2D eigenvalue weighted by molar-refractivity contribution is 6.05. The summed E-state index contributed by atoms with van der Waals surface area (Å²) in [6.45, 7) is 4.03. The summed E-state index contributed by atoms with van der Waals surface area (Å²) in [5.41, 5.74) is 6.38. The van der Waals surface area contributed by atoms with Gasteiger partial charge in [-0.15, -0.1) is 0 Å². The number of nitrogens with zero attached hydrogens (tertiary/aromatic N) is 2. The average Bonchev–Trinajstić information content (AvgIpc) is 3.40. The first kappa shape index (κ1) is 24.4. The van der Waals surface area contributed by atoms with Crippen molar-refractivity contribution in [3.8, 4) is 5.75 Å². The standard InChI is InChI=1S/C29H32N2O5/c1-16-10-18(11-17(2)27(16)33)12-19(23-6-4-5-9-30-23)7-8-24-25-20(14-32)13-21-26(22(25)15-36-24)29(35)31(3)28(21)34/h4-6,9-12,21-22,24,26,32-33H,7-8,13-15H2,1-3H3/b19-12-/t21-,22+,24-,26-/m1/s1. The van der Waals surface area contributed by atoms with E-state index in [1.807, 2.05) is 44.2 Å². The van der Waals surface area contributed by atoms with E-state index in [2.05, 4.69) is 11.1 Å². The summed E-state index contributed by atoms with van der Waals surface area (Å²) in [6, 6.07) is 9.74. The third-order valence-electron chi connectivity index (χ3n) is 7.94. The normalized spacial score (nSPS) is 26.0. The zero-order valence-electron chi connectivity index (χ0n) is 20.9. The molecule has 7 nitrogen and oxygen atoms in total. The molecular weight excluding hydrogens is 456 g/mol. The zero-order chi connectivity index (χ0) is 25.6. The summed E-state index contributed by atoms with van der Waals surface area (Å²) < 4.78 is 6.22. The Balaban J connectivity index is 1.43. The molecule has 4 atom stereocenters. The second-order valence-electron chi connectivity index (χ2n) is 10.1. The van der Waals surface area contributed by atoms with E-state index in [9.17, 15) is 19.8 Å². The lowest BCUT2D eigenvalue weighted by molar-refractivity contribution is -0.138. The first-order valence-corrected chi connectivity index (χ1v) is 12.5. The summed E-state index contributed by atoms with van der Waals surface area (Å²) in [6.07, 6.45) is 5.41. The van der Waals surface area contributed by atoms with E-state index in [1.54, 1.807) is 13.2 Å². The Morgan fingerprint density at radius 1 is 1.17 bits per heavy atom. The molecule has 2 fully saturated rings. The van der Waals surface area contributed by atoms with Crippen molar-refractivity contribution in [3.63, 3.8) is 0 Å². The number of hydrogen-bond acceptors (Lipinski definition) is 6. The number of aromatic hydroxyl groups is 1. The van der Waals surface area contributed by atoms with Gasteiger partial charge in [-0.2, -0.15) is 0 Å². The minimum atomic E-state index is -0.397. The number of benzene rings is 1. The zero-order valence-corrected chi connectivity index (χ0v) is 20.9. The van der Waals surface area contributed by atoms with Crippen molar-refractivity contribution in [2.24, 2.45) is 17.8 Å². The molecule has 1 aromatic carbocycles. The molecule has 1 aliphatic carbocycles. The van der Waals surface area contributed by atoms with Crippen LogP contribution in [0, 0.1) is 31.6 Å². The van der Waals surface area contributed by atoms with Gasteiger partial charge < -0.3 is 14.9 Å². The van der Waals surface area contributed by atoms with E-state index in [0.29, 0.717) is 31.6 Å². The second kappa shape index (κ2) is 9.64. The molecule has 0 radical (unpaired) electrons. The number of imide groups is 1. The van der Waals surface area contributed by atoms with Crippen molar-refractivity contribution in [1.82, 2.24) is 9.88 Å². The number of rotatable bonds is 6. The number of fused-ring (bicyclic) bond motifs is 3. The summed E-state index contributed by atoms with van der Waals surface area (Å²) in [5.74, 6) is -0.944. The van der Waals surface area contributed by atoms with Gasteiger partial charge in [-0.1, -0.05) is 6.07 Å². The summed E-state index contributed by atoms with van der Waals surface area (Å²) >= 11 is 0. The van der Waals surface area contributed by atoms with Gasteiger partial charge in [0.2, 0.25) is 11.8 Å². The third-order valence-corrected chi connectivity index (χ3v) is 7.94. The second-order valence-corrected chi connectivity index (χ2v) is 10.1. The van der Waals surface area contributed by atoms with Crippen molar-refractivity contribution >= 4 is 23.5 Å². The summed E-state index contributed by atoms with van der Waals surface area (Å²) in [4.78, 5) is 31.3. The van der Waals surface area contributed by atoms with E-state index in [1.165, 1.54) is 4.90 Å². The molecule has 7 heteroatoms. The van der Waals surface area contributed by atoms with Crippen LogP contribution >= 0.6 is 0 Å². The maximum absolute atomic E-state index is 12.9. The van der Waals surface area contributed by atoms with Crippen molar-refractivity contribution in [2.45, 2.75) is 39.2 Å². The van der Waals surface area contributed by atoms with Crippen LogP contribution in [0.25, 0.3) is 11.6 Å². The molecule has 2 saturated heterocycles. The van der Waals surface area contributed by atoms with Crippen LogP contribution in [0.1, 0.15) is 41.6 Å². The lowest BCUT2D eigenvalue weighted by Gasteiger charge is -2.31. The predicted molar refractivity (Wildman–Crippen MR) is 136 cm³/mol. The molecule has 5 rings (SSSR count). The Kier molecular flexibility index (Phi) is 6.53. The fraction of sp³-hybridized carbons (Fsp3) is 0.414. The molecule has 2 amide bonds. The highest BCUT2D eigenvalue weighted by Crippen LogP contribution is 2.49. The lowest BCUT2D eigenvalue weighted by Crippen LogP contribution is -2.34. The van der Waals surface area contributed by atoms with Gasteiger partial charge in [0.1, 0.15) is 5.75 Å². The Hall–Kier alpha value is -3.29. The van der Waals surface area contributed by atoms with Crippen molar-refractivity contribution < 1.29 is 24.5 Å². The number of likely N-dealkylation sites (tertiary alicyclic amines) is 1. The first-order valence-electron chi connectivity index (χ1n) is 12.5. The Bertz CT molecular complexity index is 1240. The fourth-order valence-electron chi connectivity index (χ4n) is 6.16. The minimum Gasteiger partial charge on any atom is -0.507 e. The molecule has 36 heavy (non-hydrogen) atoms. The smallest absolute Gasteiger partial charge is 0.233 e. The number of hydrogen-bond donors (Lipinski definition) is 2. The number of carbonyl (C=O) groups excluding carboxylic acids is 2. The number of amides is 2. The molecule has 1 aromatic heterocycles. The number of phenolic OH excluding ortho intramolecular Hbond substituents is 1. The fourth-order valence-corrected chi connectivity index (χ4v) is 6.16. The van der Waals surface area contributed by atoms with Crippen LogP contribution in [-0.2, 0) is 14.3 Å². The highest BCUT2D eigenvalue weighted by atomic mass is 16.5. The molecule has 188 valence electrons. The molecule has 0 saturated carbocycles. The largest absolute Gasteiger partial charge is 0.507 e. The third kappa shape index (κ3) is 4.16. The molecule has 2 N–H and O–H groups in total. The number of aliphatic hydroxyl groups excluding tert-OH is 1. The van der Waals surface area contributed by atoms with Crippen LogP contribution in [0.4, 0.5) is 0 Å². The lowest BCUT2D eigenvalue weighted by atomic mass is 9.69. The number of allylic oxidation sites excluding steroid dienone is 1. The monoisotopic (exact) mass is 488 g/mol. The number of aliphatic hydroxyl groups is 1. The van der Waals surface area contributed by atoms with Gasteiger partial charge >= 0.3 is 0 Å². The van der Waals surface area contributed by atoms with Crippen molar-refractivity contribution in [2.75, 3.05) is 20.3 Å². The van der Waals surface area contributed by atoms with Crippen LogP contribution in [0.5, 0.6) is 5.75 Å². The predicted octanol–water partition coefficient (Wildman–Crippen LogP) is 3.66. The minimum absolute atomic E-state index is 0.130. The van der Waals surface area contributed by atoms with E-state index in [-0.39, 0.29) is 30.4 Å². The number of pyridine rings is 1. The Labute approximate surface area is 211 Å². The number of ether oxygens (including phenoxy) is 1. The molecule has 0 bridgehead atoms. The van der Waals surface area contributed by atoms with E-state index >= 15 is 0 Å². The van der Waals surface area contributed by atoms with Crippen LogP contribution < -0.4 is 0 Å². The van der Waals surface area contributed by atoms with E-state index in [4.69, 9.17) is 4.74 Å². The number of phenols is 1. The molecule has 3 aliphatic rings. The topological polar surface area (TPSA) is 100.0 Å². The van der Waals surface area contributed by atoms with Crippen LogP contribution in [-0.4, -0.2) is 58.3 Å². The van der Waals surface area contributed by atoms with Crippen LogP contribution in [0.15, 0.2) is 47.7 Å². The van der Waals surface area contributed by atoms with Gasteiger partial charge in [-0.3, -0.25) is 19.5 Å².